The standard InChI is InChI=1S/C26H30BF2N5O5/c1-13(33(5)25(38)39-26(2,3)4)22(35)32-21(27)24(37)34-12-14-9-10-15(30)11-16(14)20(34)23(36)31-19-17(28)7-6-8-18(19)29/h6-11,13,20-21H,12,30H2,1-5H3,(H,31,36)(H,32,35)/t13-,20-,21+/m0/s1. The Bertz CT molecular complexity index is 1280. The van der Waals surface area contributed by atoms with E-state index < -0.39 is 64.8 Å². The minimum atomic E-state index is -1.61. The fourth-order valence-electron chi connectivity index (χ4n) is 3.93. The second kappa shape index (κ2) is 11.3. The Kier molecular flexibility index (Phi) is 8.52. The third kappa shape index (κ3) is 6.65. The van der Waals surface area contributed by atoms with Gasteiger partial charge in [0.15, 0.2) is 0 Å². The average Bonchev–Trinajstić information content (AvgIpc) is 3.22. The molecule has 1 aliphatic rings. The molecule has 2 aromatic rings. The van der Waals surface area contributed by atoms with Gasteiger partial charge in [-0.25, -0.2) is 13.6 Å². The molecule has 4 N–H and O–H groups in total. The summed E-state index contributed by atoms with van der Waals surface area (Å²) in [6, 6.07) is 5.36. The summed E-state index contributed by atoms with van der Waals surface area (Å²) in [5.74, 6) is -6.12. The van der Waals surface area contributed by atoms with Crippen LogP contribution in [0.4, 0.5) is 25.0 Å². The lowest BCUT2D eigenvalue weighted by atomic mass is 9.93. The molecule has 0 aliphatic carbocycles. The van der Waals surface area contributed by atoms with Gasteiger partial charge in [-0.1, -0.05) is 12.1 Å². The van der Waals surface area contributed by atoms with Crippen molar-refractivity contribution < 1.29 is 32.7 Å². The normalized spacial score (nSPS) is 16.1. The molecule has 39 heavy (non-hydrogen) atoms. The molecule has 0 unspecified atom stereocenters. The van der Waals surface area contributed by atoms with Crippen LogP contribution < -0.4 is 16.4 Å². The molecule has 1 aliphatic heterocycles. The lowest BCUT2D eigenvalue weighted by Crippen LogP contribution is -2.54. The van der Waals surface area contributed by atoms with Crippen molar-refractivity contribution in [1.82, 2.24) is 15.1 Å². The van der Waals surface area contributed by atoms with Gasteiger partial charge in [0, 0.05) is 19.3 Å². The number of hydrogen-bond donors (Lipinski definition) is 3. The zero-order valence-corrected chi connectivity index (χ0v) is 22.2. The monoisotopic (exact) mass is 541 g/mol. The minimum absolute atomic E-state index is 0.0801. The highest BCUT2D eigenvalue weighted by Gasteiger charge is 2.41. The summed E-state index contributed by atoms with van der Waals surface area (Å²) in [4.78, 5) is 53.9. The second-order valence-corrected chi connectivity index (χ2v) is 10.2. The van der Waals surface area contributed by atoms with E-state index in [2.05, 4.69) is 10.6 Å². The molecule has 1 heterocycles. The summed E-state index contributed by atoms with van der Waals surface area (Å²) in [5, 5.41) is 4.54. The van der Waals surface area contributed by atoms with E-state index in [0.717, 1.165) is 28.0 Å². The number of anilines is 2. The zero-order chi connectivity index (χ0) is 29.2. The average molecular weight is 541 g/mol. The molecule has 0 saturated heterocycles. The van der Waals surface area contributed by atoms with Crippen LogP contribution in [0.5, 0.6) is 0 Å². The van der Waals surface area contributed by atoms with Crippen LogP contribution in [0.2, 0.25) is 0 Å². The van der Waals surface area contributed by atoms with Gasteiger partial charge in [0.25, 0.3) is 5.91 Å². The van der Waals surface area contributed by atoms with Gasteiger partial charge < -0.3 is 26.0 Å². The predicted molar refractivity (Wildman–Crippen MR) is 140 cm³/mol. The van der Waals surface area contributed by atoms with Crippen LogP contribution in [0.15, 0.2) is 36.4 Å². The van der Waals surface area contributed by atoms with E-state index in [1.54, 1.807) is 32.9 Å². The summed E-state index contributed by atoms with van der Waals surface area (Å²) in [7, 11) is 7.36. The fraction of sp³-hybridized carbons (Fsp3) is 0.385. The van der Waals surface area contributed by atoms with Crippen LogP contribution in [0.25, 0.3) is 0 Å². The Hall–Kier alpha value is -4.16. The maximum atomic E-state index is 14.2. The Labute approximate surface area is 226 Å². The number of benzene rings is 2. The first-order valence-corrected chi connectivity index (χ1v) is 12.1. The van der Waals surface area contributed by atoms with Gasteiger partial charge in [-0.2, -0.15) is 0 Å². The number of hydrogen-bond acceptors (Lipinski definition) is 6. The highest BCUT2D eigenvalue weighted by molar-refractivity contribution is 6.25. The molecule has 0 fully saturated rings. The number of nitrogen functional groups attached to an aromatic ring is 1. The van der Waals surface area contributed by atoms with Crippen molar-refractivity contribution in [3.8, 4) is 0 Å². The van der Waals surface area contributed by atoms with Crippen LogP contribution >= 0.6 is 0 Å². The van der Waals surface area contributed by atoms with Crippen LogP contribution in [-0.2, 0) is 25.7 Å². The molecule has 10 nitrogen and oxygen atoms in total. The van der Waals surface area contributed by atoms with Gasteiger partial charge in [0.1, 0.15) is 42.9 Å². The predicted octanol–water partition coefficient (Wildman–Crippen LogP) is 2.44. The molecular formula is C26H30BF2N5O5. The third-order valence-corrected chi connectivity index (χ3v) is 6.06. The Morgan fingerprint density at radius 2 is 1.77 bits per heavy atom. The molecule has 0 spiro atoms. The fourth-order valence-corrected chi connectivity index (χ4v) is 3.93. The SMILES string of the molecule is [B][C@H](NC(=O)[C@H](C)N(C)C(=O)OC(C)(C)C)C(=O)N1Cc2ccc(N)cc2[C@H]1C(=O)Nc1c(F)cccc1F. The largest absolute Gasteiger partial charge is 0.444 e. The number of rotatable bonds is 6. The van der Waals surface area contributed by atoms with Crippen molar-refractivity contribution in [1.29, 1.82) is 0 Å². The summed E-state index contributed by atoms with van der Waals surface area (Å²) >= 11 is 0. The van der Waals surface area contributed by atoms with Crippen LogP contribution in [0, 0.1) is 11.6 Å². The van der Waals surface area contributed by atoms with Crippen molar-refractivity contribution >= 4 is 43.0 Å². The van der Waals surface area contributed by atoms with Crippen LogP contribution in [0.3, 0.4) is 0 Å². The number of nitrogens with zero attached hydrogens (tertiary/aromatic N) is 2. The molecule has 0 aromatic heterocycles. The number of nitrogens with one attached hydrogen (secondary N) is 2. The van der Waals surface area contributed by atoms with Crippen molar-refractivity contribution in [2.24, 2.45) is 0 Å². The molecule has 3 atom stereocenters. The summed E-state index contributed by atoms with van der Waals surface area (Å²) in [6.45, 7) is 6.36. The molecule has 4 amide bonds. The van der Waals surface area contributed by atoms with Crippen LogP contribution in [0.1, 0.15) is 44.9 Å². The van der Waals surface area contributed by atoms with Gasteiger partial charge in [0.2, 0.25) is 11.8 Å². The number of carbonyl (C=O) groups is 4. The van der Waals surface area contributed by atoms with Crippen molar-refractivity contribution in [2.75, 3.05) is 18.1 Å². The Morgan fingerprint density at radius 1 is 1.15 bits per heavy atom. The topological polar surface area (TPSA) is 134 Å². The Morgan fingerprint density at radius 3 is 2.36 bits per heavy atom. The van der Waals surface area contributed by atoms with E-state index in [1.807, 2.05) is 0 Å². The van der Waals surface area contributed by atoms with Crippen molar-refractivity contribution in [3.63, 3.8) is 0 Å². The van der Waals surface area contributed by atoms with Gasteiger partial charge in [-0.05, 0) is 63.1 Å². The van der Waals surface area contributed by atoms with Gasteiger partial charge in [0.05, 0.1) is 5.94 Å². The minimum Gasteiger partial charge on any atom is -0.444 e. The second-order valence-electron chi connectivity index (χ2n) is 10.2. The molecule has 0 saturated carbocycles. The summed E-state index contributed by atoms with van der Waals surface area (Å²) in [5.41, 5.74) is 5.62. The molecule has 2 radical (unpaired) electrons. The number of nitrogens with two attached hydrogens (primary N) is 1. The molecular weight excluding hydrogens is 511 g/mol. The Balaban J connectivity index is 1.80. The highest BCUT2D eigenvalue weighted by Crippen LogP contribution is 2.36. The number of fused-ring (bicyclic) bond motifs is 1. The number of amides is 4. The lowest BCUT2D eigenvalue weighted by Gasteiger charge is -2.30. The first-order chi connectivity index (χ1) is 18.1. The quantitative estimate of drug-likeness (QED) is 0.380. The van der Waals surface area contributed by atoms with E-state index in [-0.39, 0.29) is 6.54 Å². The number of para-hydroxylation sites is 1. The highest BCUT2D eigenvalue weighted by atomic mass is 19.1. The molecule has 13 heteroatoms. The molecule has 3 rings (SSSR count). The van der Waals surface area contributed by atoms with Crippen molar-refractivity contribution in [2.45, 2.75) is 57.9 Å². The number of halogens is 2. The van der Waals surface area contributed by atoms with Crippen LogP contribution in [-0.4, -0.2) is 66.1 Å². The molecule has 0 bridgehead atoms. The van der Waals surface area contributed by atoms with Crippen molar-refractivity contribution in [3.05, 3.63) is 59.2 Å². The summed E-state index contributed by atoms with van der Waals surface area (Å²) in [6.07, 6.45) is -0.755. The number of likely N-dealkylation sites (N-methyl/N-ethyl adjacent to an activating group) is 1. The first-order valence-electron chi connectivity index (χ1n) is 12.1. The van der Waals surface area contributed by atoms with E-state index >= 15 is 0 Å². The van der Waals surface area contributed by atoms with Gasteiger partial charge in [-0.3, -0.25) is 19.3 Å². The van der Waals surface area contributed by atoms with E-state index in [9.17, 15) is 28.0 Å². The van der Waals surface area contributed by atoms with Gasteiger partial charge in [-0.15, -0.1) is 0 Å². The zero-order valence-electron chi connectivity index (χ0n) is 22.2. The van der Waals surface area contributed by atoms with E-state index in [1.165, 1.54) is 20.0 Å². The maximum absolute atomic E-state index is 14.2. The van der Waals surface area contributed by atoms with E-state index in [4.69, 9.17) is 18.3 Å². The molecule has 206 valence electrons. The van der Waals surface area contributed by atoms with E-state index in [0.29, 0.717) is 16.8 Å². The van der Waals surface area contributed by atoms with Gasteiger partial charge >= 0.3 is 6.09 Å². The first kappa shape index (κ1) is 29.4. The summed E-state index contributed by atoms with van der Waals surface area (Å²) < 4.78 is 33.7. The number of carbonyl (C=O) groups excluding carboxylic acids is 4. The molecule has 2 aromatic carbocycles. The lowest BCUT2D eigenvalue weighted by molar-refractivity contribution is -0.140. The number of ether oxygens (including phenoxy) is 1. The smallest absolute Gasteiger partial charge is 0.410 e. The maximum Gasteiger partial charge on any atom is 0.410 e. The third-order valence-electron chi connectivity index (χ3n) is 6.06.